The Bertz CT molecular complexity index is 298. The van der Waals surface area contributed by atoms with Crippen LogP contribution in [0.4, 0.5) is 5.69 Å². The average molecular weight is 222 g/mol. The van der Waals surface area contributed by atoms with Crippen LogP contribution in [0.25, 0.3) is 0 Å². The lowest BCUT2D eigenvalue weighted by Crippen LogP contribution is -2.35. The summed E-state index contributed by atoms with van der Waals surface area (Å²) in [5.74, 6) is 0. The van der Waals surface area contributed by atoms with Gasteiger partial charge in [0.1, 0.15) is 0 Å². The zero-order valence-corrected chi connectivity index (χ0v) is 10.1. The molecule has 0 fully saturated rings. The van der Waals surface area contributed by atoms with E-state index in [2.05, 4.69) is 24.5 Å². The van der Waals surface area contributed by atoms with Crippen LogP contribution in [0, 0.1) is 0 Å². The van der Waals surface area contributed by atoms with Gasteiger partial charge in [-0.2, -0.15) is 0 Å². The van der Waals surface area contributed by atoms with Crippen LogP contribution in [0.1, 0.15) is 26.7 Å². The van der Waals surface area contributed by atoms with Crippen LogP contribution in [0.15, 0.2) is 30.3 Å². The molecule has 0 saturated heterocycles. The molecule has 2 nitrogen and oxygen atoms in total. The molecule has 0 aliphatic rings. The summed E-state index contributed by atoms with van der Waals surface area (Å²) in [6.45, 7) is 4.31. The van der Waals surface area contributed by atoms with Gasteiger partial charge in [-0.25, -0.2) is 0 Å². The molecule has 0 saturated carbocycles. The number of rotatable bonds is 4. The summed E-state index contributed by atoms with van der Waals surface area (Å²) >= 11 is 5.20. The number of para-hydroxylation sites is 1. The van der Waals surface area contributed by atoms with Crippen LogP contribution in [-0.2, 0) is 0 Å². The molecule has 0 unspecified atom stereocenters. The molecule has 1 rings (SSSR count). The summed E-state index contributed by atoms with van der Waals surface area (Å²) in [4.78, 5) is 0. The molecule has 0 bridgehead atoms. The molecule has 0 aromatic heterocycles. The molecule has 1 aromatic carbocycles. The second-order valence-corrected chi connectivity index (χ2v) is 4.06. The molecule has 3 heteroatoms. The molecule has 1 atom stereocenters. The Morgan fingerprint density at radius 1 is 1.33 bits per heavy atom. The van der Waals surface area contributed by atoms with Crippen LogP contribution in [0.3, 0.4) is 0 Å². The number of benzene rings is 1. The Morgan fingerprint density at radius 3 is 2.60 bits per heavy atom. The fraction of sp³-hybridized carbons (Fsp3) is 0.417. The SMILES string of the molecule is CCC[C@@H](C)NC(=S)Nc1ccccc1. The van der Waals surface area contributed by atoms with E-state index in [0.29, 0.717) is 11.2 Å². The lowest BCUT2D eigenvalue weighted by atomic mass is 10.2. The highest BCUT2D eigenvalue weighted by Gasteiger charge is 2.02. The van der Waals surface area contributed by atoms with Gasteiger partial charge in [0.15, 0.2) is 5.11 Å². The van der Waals surface area contributed by atoms with Gasteiger partial charge >= 0.3 is 0 Å². The lowest BCUT2D eigenvalue weighted by molar-refractivity contribution is 0.599. The van der Waals surface area contributed by atoms with Gasteiger partial charge in [0, 0.05) is 11.7 Å². The van der Waals surface area contributed by atoms with Gasteiger partial charge in [0.25, 0.3) is 0 Å². The first kappa shape index (κ1) is 12.0. The molecular weight excluding hydrogens is 204 g/mol. The third-order valence-electron chi connectivity index (χ3n) is 2.13. The minimum atomic E-state index is 0.429. The Hall–Kier alpha value is -1.09. The first-order chi connectivity index (χ1) is 7.22. The highest BCUT2D eigenvalue weighted by molar-refractivity contribution is 7.80. The summed E-state index contributed by atoms with van der Waals surface area (Å²) in [6.07, 6.45) is 2.30. The summed E-state index contributed by atoms with van der Waals surface area (Å²) in [7, 11) is 0. The monoisotopic (exact) mass is 222 g/mol. The summed E-state index contributed by atoms with van der Waals surface area (Å²) in [5.41, 5.74) is 1.03. The Morgan fingerprint density at radius 2 is 2.00 bits per heavy atom. The minimum Gasteiger partial charge on any atom is -0.360 e. The molecule has 0 aliphatic carbocycles. The van der Waals surface area contributed by atoms with Crippen LogP contribution in [0.5, 0.6) is 0 Å². The van der Waals surface area contributed by atoms with Crippen molar-refractivity contribution >= 4 is 23.0 Å². The normalized spacial score (nSPS) is 11.9. The Kier molecular flexibility index (Phi) is 5.12. The van der Waals surface area contributed by atoms with Gasteiger partial charge in [0.05, 0.1) is 0 Å². The highest BCUT2D eigenvalue weighted by atomic mass is 32.1. The molecule has 0 heterocycles. The van der Waals surface area contributed by atoms with E-state index in [9.17, 15) is 0 Å². The largest absolute Gasteiger partial charge is 0.360 e. The van der Waals surface area contributed by atoms with Crippen molar-refractivity contribution in [1.29, 1.82) is 0 Å². The van der Waals surface area contributed by atoms with Gasteiger partial charge in [-0.1, -0.05) is 31.5 Å². The average Bonchev–Trinajstić information content (AvgIpc) is 2.19. The summed E-state index contributed by atoms with van der Waals surface area (Å²) in [5, 5.41) is 7.10. The minimum absolute atomic E-state index is 0.429. The van der Waals surface area contributed by atoms with E-state index in [-0.39, 0.29) is 0 Å². The van der Waals surface area contributed by atoms with Crippen molar-refractivity contribution in [2.24, 2.45) is 0 Å². The standard InChI is InChI=1S/C12H18N2S/c1-3-7-10(2)13-12(15)14-11-8-5-4-6-9-11/h4-6,8-10H,3,7H2,1-2H3,(H2,13,14,15)/t10-/m1/s1. The van der Waals surface area contributed by atoms with Gasteiger partial charge in [0.2, 0.25) is 0 Å². The van der Waals surface area contributed by atoms with E-state index >= 15 is 0 Å². The van der Waals surface area contributed by atoms with Crippen LogP contribution in [-0.4, -0.2) is 11.2 Å². The predicted octanol–water partition coefficient (Wildman–Crippen LogP) is 3.16. The summed E-state index contributed by atoms with van der Waals surface area (Å²) in [6, 6.07) is 10.4. The van der Waals surface area contributed by atoms with Crippen molar-refractivity contribution in [1.82, 2.24) is 5.32 Å². The molecule has 15 heavy (non-hydrogen) atoms. The van der Waals surface area contributed by atoms with Crippen LogP contribution < -0.4 is 10.6 Å². The number of thiocarbonyl (C=S) groups is 1. The van der Waals surface area contributed by atoms with Crippen molar-refractivity contribution in [2.45, 2.75) is 32.7 Å². The molecule has 0 amide bonds. The molecular formula is C12H18N2S. The third kappa shape index (κ3) is 4.79. The molecule has 0 radical (unpaired) electrons. The van der Waals surface area contributed by atoms with E-state index in [1.807, 2.05) is 30.3 Å². The van der Waals surface area contributed by atoms with Gasteiger partial charge in [-0.3, -0.25) is 0 Å². The fourth-order valence-electron chi connectivity index (χ4n) is 1.42. The maximum atomic E-state index is 5.20. The van der Waals surface area contributed by atoms with Gasteiger partial charge in [-0.15, -0.1) is 0 Å². The van der Waals surface area contributed by atoms with Crippen molar-refractivity contribution < 1.29 is 0 Å². The van der Waals surface area contributed by atoms with E-state index in [1.54, 1.807) is 0 Å². The highest BCUT2D eigenvalue weighted by Crippen LogP contribution is 2.05. The van der Waals surface area contributed by atoms with Crippen molar-refractivity contribution in [3.8, 4) is 0 Å². The number of anilines is 1. The topological polar surface area (TPSA) is 24.1 Å². The Balaban J connectivity index is 2.36. The fourth-order valence-corrected chi connectivity index (χ4v) is 1.74. The van der Waals surface area contributed by atoms with Crippen LogP contribution in [0.2, 0.25) is 0 Å². The molecule has 0 aliphatic heterocycles. The molecule has 82 valence electrons. The van der Waals surface area contributed by atoms with E-state index < -0.39 is 0 Å². The van der Waals surface area contributed by atoms with E-state index in [4.69, 9.17) is 12.2 Å². The second-order valence-electron chi connectivity index (χ2n) is 3.65. The molecule has 2 N–H and O–H groups in total. The second kappa shape index (κ2) is 6.40. The van der Waals surface area contributed by atoms with Gasteiger partial charge < -0.3 is 10.6 Å². The maximum Gasteiger partial charge on any atom is 0.170 e. The zero-order chi connectivity index (χ0) is 11.1. The maximum absolute atomic E-state index is 5.20. The molecule has 1 aromatic rings. The lowest BCUT2D eigenvalue weighted by Gasteiger charge is -2.16. The third-order valence-corrected chi connectivity index (χ3v) is 2.35. The van der Waals surface area contributed by atoms with Crippen molar-refractivity contribution in [3.05, 3.63) is 30.3 Å². The van der Waals surface area contributed by atoms with E-state index in [1.165, 1.54) is 6.42 Å². The number of nitrogens with one attached hydrogen (secondary N) is 2. The zero-order valence-electron chi connectivity index (χ0n) is 9.29. The quantitative estimate of drug-likeness (QED) is 0.765. The first-order valence-corrected chi connectivity index (χ1v) is 5.75. The Labute approximate surface area is 97.1 Å². The van der Waals surface area contributed by atoms with E-state index in [0.717, 1.165) is 12.1 Å². The van der Waals surface area contributed by atoms with Crippen molar-refractivity contribution in [2.75, 3.05) is 5.32 Å². The molecule has 0 spiro atoms. The van der Waals surface area contributed by atoms with Gasteiger partial charge in [-0.05, 0) is 37.7 Å². The smallest absolute Gasteiger partial charge is 0.170 e. The van der Waals surface area contributed by atoms with Crippen LogP contribution >= 0.6 is 12.2 Å². The predicted molar refractivity (Wildman–Crippen MR) is 70.2 cm³/mol. The number of hydrogen-bond donors (Lipinski definition) is 2. The number of hydrogen-bond acceptors (Lipinski definition) is 1. The first-order valence-electron chi connectivity index (χ1n) is 5.35. The summed E-state index contributed by atoms with van der Waals surface area (Å²) < 4.78 is 0. The van der Waals surface area contributed by atoms with Crippen molar-refractivity contribution in [3.63, 3.8) is 0 Å².